The van der Waals surface area contributed by atoms with Crippen LogP contribution in [0.4, 0.5) is 0 Å². The number of hydrogen-bond donors (Lipinski definition) is 2. The van der Waals surface area contributed by atoms with Crippen molar-refractivity contribution in [2.45, 2.75) is 0 Å². The average Bonchev–Trinajstić information content (AvgIpc) is 2.96. The summed E-state index contributed by atoms with van der Waals surface area (Å²) in [6, 6.07) is 7.42. The van der Waals surface area contributed by atoms with Crippen molar-refractivity contribution in [3.8, 4) is 28.5 Å². The number of aromatic nitrogens is 3. The van der Waals surface area contributed by atoms with E-state index in [4.69, 9.17) is 9.84 Å². The number of carboxylic acid groups (broad SMARTS) is 1. The highest BCUT2D eigenvalue weighted by Crippen LogP contribution is 2.28. The summed E-state index contributed by atoms with van der Waals surface area (Å²) in [4.78, 5) is 15.3. The van der Waals surface area contributed by atoms with E-state index in [0.29, 0.717) is 17.2 Å². The van der Waals surface area contributed by atoms with Gasteiger partial charge in [-0.15, -0.1) is 0 Å². The van der Waals surface area contributed by atoms with Crippen LogP contribution >= 0.6 is 0 Å². The molecule has 3 aromatic rings. The largest absolute Gasteiger partial charge is 0.507 e. The summed E-state index contributed by atoms with van der Waals surface area (Å²) in [6.45, 7) is 0. The Balaban J connectivity index is 1.89. The van der Waals surface area contributed by atoms with Crippen molar-refractivity contribution in [2.24, 2.45) is 7.05 Å². The first-order valence-electron chi connectivity index (χ1n) is 6.72. The lowest BCUT2D eigenvalue weighted by Gasteiger charge is -2.08. The van der Waals surface area contributed by atoms with Crippen molar-refractivity contribution in [1.29, 1.82) is 0 Å². The van der Waals surface area contributed by atoms with Gasteiger partial charge >= 0.3 is 5.97 Å². The fourth-order valence-electron chi connectivity index (χ4n) is 2.07. The van der Waals surface area contributed by atoms with Crippen LogP contribution < -0.4 is 4.74 Å². The third kappa shape index (κ3) is 3.13. The summed E-state index contributed by atoms with van der Waals surface area (Å²) >= 11 is 0. The first-order chi connectivity index (χ1) is 11.0. The Kier molecular flexibility index (Phi) is 3.68. The van der Waals surface area contributed by atoms with Gasteiger partial charge in [0, 0.05) is 31.1 Å². The molecule has 23 heavy (non-hydrogen) atoms. The van der Waals surface area contributed by atoms with Gasteiger partial charge in [0.25, 0.3) is 0 Å². The molecule has 0 unspecified atom stereocenters. The molecular formula is C16H13N3O4. The van der Waals surface area contributed by atoms with Crippen molar-refractivity contribution in [3.05, 3.63) is 54.5 Å². The zero-order chi connectivity index (χ0) is 16.4. The van der Waals surface area contributed by atoms with Gasteiger partial charge in [-0.3, -0.25) is 9.67 Å². The Hall–Kier alpha value is -3.35. The van der Waals surface area contributed by atoms with Gasteiger partial charge in [-0.2, -0.15) is 5.10 Å². The Morgan fingerprint density at radius 1 is 1.22 bits per heavy atom. The highest BCUT2D eigenvalue weighted by molar-refractivity contribution is 5.91. The molecule has 0 aliphatic rings. The number of carbonyl (C=O) groups is 1. The molecule has 0 saturated heterocycles. The Labute approximate surface area is 131 Å². The van der Waals surface area contributed by atoms with Gasteiger partial charge in [-0.1, -0.05) is 0 Å². The molecular weight excluding hydrogens is 298 g/mol. The smallest absolute Gasteiger partial charge is 0.339 e. The number of phenols is 1. The number of aromatic carboxylic acids is 1. The molecule has 0 saturated carbocycles. The van der Waals surface area contributed by atoms with E-state index < -0.39 is 5.97 Å². The first-order valence-corrected chi connectivity index (χ1v) is 6.72. The summed E-state index contributed by atoms with van der Waals surface area (Å²) < 4.78 is 7.32. The minimum absolute atomic E-state index is 0.218. The molecule has 2 aromatic heterocycles. The fourth-order valence-corrected chi connectivity index (χ4v) is 2.07. The number of aryl methyl sites for hydroxylation is 1. The van der Waals surface area contributed by atoms with Gasteiger partial charge in [0.1, 0.15) is 22.8 Å². The molecule has 0 atom stereocenters. The summed E-state index contributed by atoms with van der Waals surface area (Å²) in [5.74, 6) is -0.723. The predicted octanol–water partition coefficient (Wildman–Crippen LogP) is 2.68. The molecule has 3 rings (SSSR count). The summed E-state index contributed by atoms with van der Waals surface area (Å²) in [7, 11) is 1.81. The molecule has 0 aliphatic carbocycles. The van der Waals surface area contributed by atoms with E-state index in [1.165, 1.54) is 18.2 Å². The summed E-state index contributed by atoms with van der Waals surface area (Å²) in [6.07, 6.45) is 5.11. The van der Waals surface area contributed by atoms with E-state index in [9.17, 15) is 9.90 Å². The second kappa shape index (κ2) is 5.80. The van der Waals surface area contributed by atoms with Gasteiger partial charge in [0.15, 0.2) is 0 Å². The summed E-state index contributed by atoms with van der Waals surface area (Å²) in [5.41, 5.74) is 1.31. The molecule has 0 amide bonds. The number of nitrogens with zero attached hydrogens (tertiary/aromatic N) is 3. The average molecular weight is 311 g/mol. The van der Waals surface area contributed by atoms with Crippen LogP contribution in [0.15, 0.2) is 48.9 Å². The van der Waals surface area contributed by atoms with Crippen molar-refractivity contribution >= 4 is 5.97 Å². The number of carboxylic acids is 1. The number of ether oxygens (including phenoxy) is 1. The maximum Gasteiger partial charge on any atom is 0.339 e. The zero-order valence-corrected chi connectivity index (χ0v) is 12.2. The fraction of sp³-hybridized carbons (Fsp3) is 0.0625. The van der Waals surface area contributed by atoms with Crippen molar-refractivity contribution < 1.29 is 19.7 Å². The van der Waals surface area contributed by atoms with Gasteiger partial charge < -0.3 is 14.9 Å². The molecule has 0 spiro atoms. The molecule has 2 N–H and O–H groups in total. The van der Waals surface area contributed by atoms with Crippen LogP contribution in [0, 0.1) is 0 Å². The van der Waals surface area contributed by atoms with Crippen LogP contribution in [0.1, 0.15) is 10.4 Å². The minimum Gasteiger partial charge on any atom is -0.507 e. The maximum atomic E-state index is 11.0. The zero-order valence-electron chi connectivity index (χ0n) is 12.2. The number of aromatic hydroxyl groups is 1. The Morgan fingerprint density at radius 2 is 2.00 bits per heavy atom. The molecule has 2 heterocycles. The molecule has 116 valence electrons. The normalized spacial score (nSPS) is 10.5. The lowest BCUT2D eigenvalue weighted by molar-refractivity contribution is 0.0693. The van der Waals surface area contributed by atoms with Crippen LogP contribution in [0.2, 0.25) is 0 Å². The number of hydrogen-bond acceptors (Lipinski definition) is 5. The lowest BCUT2D eigenvalue weighted by Crippen LogP contribution is -1.97. The Morgan fingerprint density at radius 3 is 2.70 bits per heavy atom. The van der Waals surface area contributed by atoms with Gasteiger partial charge in [0.05, 0.1) is 11.9 Å². The third-order valence-electron chi connectivity index (χ3n) is 3.17. The van der Waals surface area contributed by atoms with Gasteiger partial charge in [-0.05, 0) is 24.3 Å². The minimum atomic E-state index is -1.22. The van der Waals surface area contributed by atoms with Crippen LogP contribution in [-0.4, -0.2) is 30.9 Å². The number of benzene rings is 1. The van der Waals surface area contributed by atoms with E-state index in [2.05, 4.69) is 10.1 Å². The summed E-state index contributed by atoms with van der Waals surface area (Å²) in [5, 5.41) is 22.6. The topological polar surface area (TPSA) is 97.5 Å². The van der Waals surface area contributed by atoms with E-state index in [-0.39, 0.29) is 11.3 Å². The molecule has 7 heteroatoms. The monoisotopic (exact) mass is 311 g/mol. The van der Waals surface area contributed by atoms with Gasteiger partial charge in [0.2, 0.25) is 0 Å². The third-order valence-corrected chi connectivity index (χ3v) is 3.17. The second-order valence-corrected chi connectivity index (χ2v) is 4.87. The van der Waals surface area contributed by atoms with Crippen molar-refractivity contribution in [1.82, 2.24) is 14.8 Å². The highest BCUT2D eigenvalue weighted by atomic mass is 16.5. The van der Waals surface area contributed by atoms with Crippen LogP contribution in [0.25, 0.3) is 11.3 Å². The Bertz CT molecular complexity index is 873. The molecule has 1 aromatic carbocycles. The molecule has 7 nitrogen and oxygen atoms in total. The number of pyridine rings is 1. The SMILES string of the molecule is Cn1cc(-c2cc(Oc3ccc(O)c(C(=O)O)c3)ccn2)cn1. The first kappa shape index (κ1) is 14.6. The lowest BCUT2D eigenvalue weighted by atomic mass is 10.2. The molecule has 0 radical (unpaired) electrons. The predicted molar refractivity (Wildman–Crippen MR) is 81.6 cm³/mol. The second-order valence-electron chi connectivity index (χ2n) is 4.87. The molecule has 0 aliphatic heterocycles. The van der Waals surface area contributed by atoms with Gasteiger partial charge in [-0.25, -0.2) is 4.79 Å². The standard InChI is InChI=1S/C16H13N3O4/c1-19-9-10(8-18-19)14-7-12(4-5-17-14)23-11-2-3-15(20)13(6-11)16(21)22/h2-9,20H,1H3,(H,21,22). The van der Waals surface area contributed by atoms with Crippen LogP contribution in [0.3, 0.4) is 0 Å². The van der Waals surface area contributed by atoms with Crippen LogP contribution in [-0.2, 0) is 7.05 Å². The van der Waals surface area contributed by atoms with E-state index in [1.807, 2.05) is 13.2 Å². The maximum absolute atomic E-state index is 11.0. The van der Waals surface area contributed by atoms with Crippen molar-refractivity contribution in [2.75, 3.05) is 0 Å². The van der Waals surface area contributed by atoms with E-state index >= 15 is 0 Å². The van der Waals surface area contributed by atoms with E-state index in [0.717, 1.165) is 5.56 Å². The highest BCUT2D eigenvalue weighted by Gasteiger charge is 2.11. The molecule has 0 bridgehead atoms. The van der Waals surface area contributed by atoms with Crippen molar-refractivity contribution in [3.63, 3.8) is 0 Å². The van der Waals surface area contributed by atoms with E-state index in [1.54, 1.807) is 29.2 Å². The molecule has 0 fully saturated rings. The quantitative estimate of drug-likeness (QED) is 0.769. The van der Waals surface area contributed by atoms with Crippen LogP contribution in [0.5, 0.6) is 17.2 Å². The number of rotatable bonds is 4.